The molecule has 130 valence electrons. The predicted octanol–water partition coefficient (Wildman–Crippen LogP) is 0.169. The van der Waals surface area contributed by atoms with Crippen molar-refractivity contribution in [3.63, 3.8) is 0 Å². The normalized spacial score (nSPS) is 14.1. The minimum Gasteiger partial charge on any atom is -0.474 e. The van der Waals surface area contributed by atoms with Crippen LogP contribution in [0.3, 0.4) is 0 Å². The van der Waals surface area contributed by atoms with E-state index < -0.39 is 42.7 Å². The summed E-state index contributed by atoms with van der Waals surface area (Å²) in [4.78, 5) is 45.5. The van der Waals surface area contributed by atoms with E-state index in [9.17, 15) is 19.2 Å². The van der Waals surface area contributed by atoms with Crippen molar-refractivity contribution in [2.45, 2.75) is 46.4 Å². The molecule has 23 heavy (non-hydrogen) atoms. The number of esters is 1. The zero-order valence-corrected chi connectivity index (χ0v) is 13.3. The van der Waals surface area contributed by atoms with E-state index in [1.165, 1.54) is 27.7 Å². The van der Waals surface area contributed by atoms with Crippen molar-refractivity contribution in [2.24, 2.45) is 5.73 Å². The third kappa shape index (κ3) is 6.78. The van der Waals surface area contributed by atoms with Gasteiger partial charge in [-0.05, 0) is 27.7 Å². The SMILES string of the molecule is C=C(C)C(=O)OC(C)N(C(=O)C(=O)O)C(C)OC(C)OC(N)=O. The van der Waals surface area contributed by atoms with Crippen LogP contribution in [0.25, 0.3) is 0 Å². The summed E-state index contributed by atoms with van der Waals surface area (Å²) in [5.41, 5.74) is 4.89. The minimum absolute atomic E-state index is 0.0681. The van der Waals surface area contributed by atoms with Crippen LogP contribution in [0, 0.1) is 0 Å². The maximum atomic E-state index is 11.8. The Kier molecular flexibility index (Phi) is 7.74. The van der Waals surface area contributed by atoms with E-state index in [1.54, 1.807) is 0 Å². The van der Waals surface area contributed by atoms with Crippen LogP contribution in [-0.2, 0) is 28.6 Å². The van der Waals surface area contributed by atoms with Crippen LogP contribution in [-0.4, -0.2) is 52.7 Å². The monoisotopic (exact) mass is 332 g/mol. The number of rotatable bonds is 7. The lowest BCUT2D eigenvalue weighted by Crippen LogP contribution is -2.51. The Morgan fingerprint density at radius 1 is 1.09 bits per heavy atom. The molecular formula is C13H20N2O8. The van der Waals surface area contributed by atoms with E-state index in [0.29, 0.717) is 4.90 Å². The lowest BCUT2D eigenvalue weighted by atomic mass is 10.3. The van der Waals surface area contributed by atoms with Gasteiger partial charge in [-0.1, -0.05) is 6.58 Å². The lowest BCUT2D eigenvalue weighted by molar-refractivity contribution is -0.207. The van der Waals surface area contributed by atoms with E-state index in [4.69, 9.17) is 20.3 Å². The second kappa shape index (κ2) is 8.73. The van der Waals surface area contributed by atoms with E-state index in [1.807, 2.05) is 0 Å². The largest absolute Gasteiger partial charge is 0.474 e. The summed E-state index contributed by atoms with van der Waals surface area (Å²) < 4.78 is 14.6. The molecule has 0 rings (SSSR count). The summed E-state index contributed by atoms with van der Waals surface area (Å²) in [5.74, 6) is -3.96. The number of ether oxygens (including phenoxy) is 3. The molecule has 3 unspecified atom stereocenters. The van der Waals surface area contributed by atoms with Crippen LogP contribution >= 0.6 is 0 Å². The van der Waals surface area contributed by atoms with E-state index >= 15 is 0 Å². The van der Waals surface area contributed by atoms with Gasteiger partial charge < -0.3 is 25.1 Å². The number of nitrogens with zero attached hydrogens (tertiary/aromatic N) is 1. The van der Waals surface area contributed by atoms with Gasteiger partial charge in [-0.2, -0.15) is 0 Å². The molecule has 10 heteroatoms. The molecule has 0 saturated heterocycles. The Labute approximate surface area is 132 Å². The molecule has 3 atom stereocenters. The van der Waals surface area contributed by atoms with Crippen molar-refractivity contribution in [2.75, 3.05) is 0 Å². The number of amides is 2. The minimum atomic E-state index is -1.78. The highest BCUT2D eigenvalue weighted by atomic mass is 16.7. The fourth-order valence-electron chi connectivity index (χ4n) is 1.58. The van der Waals surface area contributed by atoms with Gasteiger partial charge in [0.1, 0.15) is 6.23 Å². The van der Waals surface area contributed by atoms with Crippen molar-refractivity contribution in [1.82, 2.24) is 4.90 Å². The average Bonchev–Trinajstić information content (AvgIpc) is 2.36. The highest BCUT2D eigenvalue weighted by Crippen LogP contribution is 2.13. The molecule has 3 N–H and O–H groups in total. The third-order valence-corrected chi connectivity index (χ3v) is 2.50. The Morgan fingerprint density at radius 3 is 2.00 bits per heavy atom. The fraction of sp³-hybridized carbons (Fsp3) is 0.538. The van der Waals surface area contributed by atoms with Crippen molar-refractivity contribution in [1.29, 1.82) is 0 Å². The fourth-order valence-corrected chi connectivity index (χ4v) is 1.58. The van der Waals surface area contributed by atoms with Crippen LogP contribution in [0.4, 0.5) is 4.79 Å². The van der Waals surface area contributed by atoms with E-state index in [0.717, 1.165) is 0 Å². The number of carbonyl (C=O) groups is 4. The summed E-state index contributed by atoms with van der Waals surface area (Å²) >= 11 is 0. The van der Waals surface area contributed by atoms with E-state index in [2.05, 4.69) is 11.3 Å². The number of nitrogens with two attached hydrogens (primary N) is 1. The molecule has 0 heterocycles. The highest BCUT2D eigenvalue weighted by Gasteiger charge is 2.34. The van der Waals surface area contributed by atoms with Crippen LogP contribution in [0.2, 0.25) is 0 Å². The number of aliphatic carboxylic acids is 1. The zero-order chi connectivity index (χ0) is 18.3. The molecular weight excluding hydrogens is 312 g/mol. The molecule has 0 fully saturated rings. The average molecular weight is 332 g/mol. The van der Waals surface area contributed by atoms with Crippen LogP contribution in [0.1, 0.15) is 27.7 Å². The second-order valence-electron chi connectivity index (χ2n) is 4.54. The second-order valence-corrected chi connectivity index (χ2v) is 4.54. The number of carboxylic acids is 1. The van der Waals surface area contributed by atoms with Gasteiger partial charge in [-0.3, -0.25) is 9.69 Å². The first kappa shape index (κ1) is 20.4. The first-order chi connectivity index (χ1) is 10.5. The van der Waals surface area contributed by atoms with Gasteiger partial charge in [-0.25, -0.2) is 14.4 Å². The first-order valence-corrected chi connectivity index (χ1v) is 6.51. The Hall–Kier alpha value is -2.62. The standard InChI is InChI=1S/C13H20N2O8/c1-6(2)12(19)22-8(4)15(10(16)11(17)18)7(3)21-9(5)23-13(14)20/h7-9H,1H2,2-5H3,(H2,14,20)(H,17,18). The summed E-state index contributed by atoms with van der Waals surface area (Å²) in [6.45, 7) is 8.67. The van der Waals surface area contributed by atoms with Gasteiger partial charge >= 0.3 is 23.9 Å². The predicted molar refractivity (Wildman–Crippen MR) is 75.5 cm³/mol. The molecule has 0 bridgehead atoms. The van der Waals surface area contributed by atoms with Crippen LogP contribution in [0.15, 0.2) is 12.2 Å². The first-order valence-electron chi connectivity index (χ1n) is 6.51. The quantitative estimate of drug-likeness (QED) is 0.290. The number of carboxylic acid groups (broad SMARTS) is 1. The number of carbonyl (C=O) groups excluding carboxylic acids is 3. The molecule has 0 aromatic rings. The van der Waals surface area contributed by atoms with Gasteiger partial charge in [0.2, 0.25) is 6.29 Å². The van der Waals surface area contributed by atoms with Crippen molar-refractivity contribution >= 4 is 23.9 Å². The molecule has 0 radical (unpaired) electrons. The molecule has 0 aromatic carbocycles. The van der Waals surface area contributed by atoms with Gasteiger partial charge in [0, 0.05) is 5.57 Å². The lowest BCUT2D eigenvalue weighted by Gasteiger charge is -2.33. The summed E-state index contributed by atoms with van der Waals surface area (Å²) in [6.07, 6.45) is -4.72. The summed E-state index contributed by atoms with van der Waals surface area (Å²) in [7, 11) is 0. The van der Waals surface area contributed by atoms with Crippen molar-refractivity contribution < 1.29 is 38.5 Å². The van der Waals surface area contributed by atoms with Gasteiger partial charge in [-0.15, -0.1) is 0 Å². The molecule has 0 spiro atoms. The Balaban J connectivity index is 5.17. The molecule has 0 aliphatic heterocycles. The molecule has 10 nitrogen and oxygen atoms in total. The molecule has 0 aliphatic rings. The molecule has 2 amide bonds. The van der Waals surface area contributed by atoms with Gasteiger partial charge in [0.25, 0.3) is 0 Å². The Bertz CT molecular complexity index is 504. The zero-order valence-electron chi connectivity index (χ0n) is 13.3. The van der Waals surface area contributed by atoms with E-state index in [-0.39, 0.29) is 5.57 Å². The number of hydrogen-bond acceptors (Lipinski definition) is 7. The third-order valence-electron chi connectivity index (χ3n) is 2.50. The summed E-state index contributed by atoms with van der Waals surface area (Å²) in [6, 6.07) is 0. The summed E-state index contributed by atoms with van der Waals surface area (Å²) in [5, 5.41) is 8.86. The van der Waals surface area contributed by atoms with Gasteiger partial charge in [0.05, 0.1) is 0 Å². The van der Waals surface area contributed by atoms with Crippen molar-refractivity contribution in [3.05, 3.63) is 12.2 Å². The molecule has 0 aromatic heterocycles. The van der Waals surface area contributed by atoms with Gasteiger partial charge in [0.15, 0.2) is 6.23 Å². The highest BCUT2D eigenvalue weighted by molar-refractivity contribution is 6.31. The maximum absolute atomic E-state index is 11.8. The smallest absolute Gasteiger partial charge is 0.406 e. The Morgan fingerprint density at radius 2 is 1.61 bits per heavy atom. The molecule has 0 saturated carbocycles. The maximum Gasteiger partial charge on any atom is 0.406 e. The number of hydrogen-bond donors (Lipinski definition) is 2. The number of primary amides is 1. The molecule has 0 aliphatic carbocycles. The van der Waals surface area contributed by atoms with Crippen LogP contribution < -0.4 is 5.73 Å². The van der Waals surface area contributed by atoms with Crippen LogP contribution in [0.5, 0.6) is 0 Å². The topological polar surface area (TPSA) is 145 Å². The van der Waals surface area contributed by atoms with Crippen molar-refractivity contribution in [3.8, 4) is 0 Å².